The lowest BCUT2D eigenvalue weighted by Crippen LogP contribution is -2.49. The Hall–Kier alpha value is -1.30. The molecule has 2 atom stereocenters. The van der Waals surface area contributed by atoms with Crippen molar-refractivity contribution in [3.05, 3.63) is 0 Å². The van der Waals surface area contributed by atoms with Crippen LogP contribution in [0.3, 0.4) is 0 Å². The van der Waals surface area contributed by atoms with Crippen molar-refractivity contribution in [2.24, 2.45) is 5.92 Å². The molecule has 0 spiro atoms. The maximum Gasteiger partial charge on any atom is 0.317 e. The zero-order valence-electron chi connectivity index (χ0n) is 11.5. The quantitative estimate of drug-likeness (QED) is 0.786. The van der Waals surface area contributed by atoms with E-state index in [-0.39, 0.29) is 6.03 Å². The third kappa shape index (κ3) is 3.59. The molecule has 0 aromatic carbocycles. The van der Waals surface area contributed by atoms with E-state index in [0.717, 1.165) is 19.4 Å². The zero-order chi connectivity index (χ0) is 13.8. The Balaban J connectivity index is 1.77. The predicted molar refractivity (Wildman–Crippen MR) is 71.0 cm³/mol. The van der Waals surface area contributed by atoms with Gasteiger partial charge in [0.1, 0.15) is 0 Å². The fraction of sp³-hybridized carbons (Fsp3) is 0.846. The zero-order valence-corrected chi connectivity index (χ0v) is 11.5. The second kappa shape index (κ2) is 6.23. The summed E-state index contributed by atoms with van der Waals surface area (Å²) in [4.78, 5) is 26.9. The smallest absolute Gasteiger partial charge is 0.317 e. The molecule has 2 heterocycles. The molecule has 0 saturated carbocycles. The van der Waals surface area contributed by atoms with Gasteiger partial charge in [-0.1, -0.05) is 0 Å². The van der Waals surface area contributed by atoms with Crippen LogP contribution in [0.2, 0.25) is 0 Å². The van der Waals surface area contributed by atoms with E-state index in [0.29, 0.717) is 32.1 Å². The Morgan fingerprint density at radius 2 is 2.00 bits per heavy atom. The summed E-state index contributed by atoms with van der Waals surface area (Å²) in [5, 5.41) is 11.9. The molecule has 6 heteroatoms. The molecular weight excluding hydrogens is 246 g/mol. The van der Waals surface area contributed by atoms with Gasteiger partial charge in [0.15, 0.2) is 0 Å². The molecule has 2 aliphatic rings. The highest BCUT2D eigenvalue weighted by Crippen LogP contribution is 2.17. The van der Waals surface area contributed by atoms with Crippen LogP contribution in [0.25, 0.3) is 0 Å². The summed E-state index contributed by atoms with van der Waals surface area (Å²) in [5.41, 5.74) is 0. The molecular formula is C13H23N3O3. The number of urea groups is 1. The summed E-state index contributed by atoms with van der Waals surface area (Å²) >= 11 is 0. The lowest BCUT2D eigenvalue weighted by Gasteiger charge is -2.31. The molecule has 2 fully saturated rings. The number of aliphatic carboxylic acids is 1. The Bertz CT molecular complexity index is 348. The van der Waals surface area contributed by atoms with Crippen molar-refractivity contribution in [1.82, 2.24) is 15.1 Å². The first-order valence-electron chi connectivity index (χ1n) is 7.03. The molecule has 108 valence electrons. The second-order valence-electron chi connectivity index (χ2n) is 5.59. The van der Waals surface area contributed by atoms with Crippen LogP contribution in [0, 0.1) is 5.92 Å². The summed E-state index contributed by atoms with van der Waals surface area (Å²) in [5.74, 6) is -1.21. The number of piperidine rings is 1. The fourth-order valence-corrected chi connectivity index (χ4v) is 2.92. The average Bonchev–Trinajstić information content (AvgIpc) is 2.81. The number of amides is 2. The maximum absolute atomic E-state index is 12.0. The van der Waals surface area contributed by atoms with Crippen molar-refractivity contribution in [1.29, 1.82) is 0 Å². The van der Waals surface area contributed by atoms with E-state index in [1.165, 1.54) is 6.42 Å². The molecule has 6 nitrogen and oxygen atoms in total. The first kappa shape index (κ1) is 14.1. The number of hydrogen-bond acceptors (Lipinski definition) is 3. The van der Waals surface area contributed by atoms with Gasteiger partial charge in [0.25, 0.3) is 0 Å². The van der Waals surface area contributed by atoms with Gasteiger partial charge in [-0.25, -0.2) is 4.79 Å². The van der Waals surface area contributed by atoms with Crippen molar-refractivity contribution in [2.45, 2.75) is 31.7 Å². The minimum atomic E-state index is -0.798. The lowest BCUT2D eigenvalue weighted by atomic mass is 9.99. The second-order valence-corrected chi connectivity index (χ2v) is 5.59. The molecule has 0 aliphatic carbocycles. The molecule has 0 bridgehead atoms. The minimum absolute atomic E-state index is 0.119. The summed E-state index contributed by atoms with van der Waals surface area (Å²) in [6.07, 6.45) is 3.74. The van der Waals surface area contributed by atoms with E-state index in [1.54, 1.807) is 4.90 Å². The number of nitrogens with one attached hydrogen (secondary N) is 1. The third-order valence-corrected chi connectivity index (χ3v) is 4.22. The standard InChI is InChI=1S/C13H23N3O3/c1-15-6-3-5-11(15)8-14-13(19)16-7-2-4-10(9-16)12(17)18/h10-11H,2-9H2,1H3,(H,14,19)(H,17,18)/t10-,11?/m0/s1. The van der Waals surface area contributed by atoms with Crippen LogP contribution >= 0.6 is 0 Å². The van der Waals surface area contributed by atoms with Gasteiger partial charge < -0.3 is 20.2 Å². The van der Waals surface area contributed by atoms with E-state index in [1.807, 2.05) is 0 Å². The van der Waals surface area contributed by atoms with Crippen LogP contribution in [0.1, 0.15) is 25.7 Å². The number of likely N-dealkylation sites (N-methyl/N-ethyl adjacent to an activating group) is 1. The minimum Gasteiger partial charge on any atom is -0.481 e. The Kier molecular flexibility index (Phi) is 4.63. The molecule has 2 rings (SSSR count). The van der Waals surface area contributed by atoms with Crippen LogP contribution in [-0.2, 0) is 4.79 Å². The van der Waals surface area contributed by atoms with Gasteiger partial charge >= 0.3 is 12.0 Å². The summed E-state index contributed by atoms with van der Waals surface area (Å²) in [6, 6.07) is 0.301. The van der Waals surface area contributed by atoms with Gasteiger partial charge in [-0.2, -0.15) is 0 Å². The SMILES string of the molecule is CN1CCCC1CNC(=O)N1CCC[C@H](C(=O)O)C1. The summed E-state index contributed by atoms with van der Waals surface area (Å²) in [7, 11) is 2.07. The fourth-order valence-electron chi connectivity index (χ4n) is 2.92. The van der Waals surface area contributed by atoms with Crippen LogP contribution < -0.4 is 5.32 Å². The molecule has 1 unspecified atom stereocenters. The number of carboxylic acids is 1. The Morgan fingerprint density at radius 3 is 2.63 bits per heavy atom. The maximum atomic E-state index is 12.0. The lowest BCUT2D eigenvalue weighted by molar-refractivity contribution is -0.143. The van der Waals surface area contributed by atoms with Gasteiger partial charge in [-0.05, 0) is 39.3 Å². The molecule has 2 saturated heterocycles. The number of likely N-dealkylation sites (tertiary alicyclic amines) is 2. The van der Waals surface area contributed by atoms with Gasteiger partial charge in [-0.3, -0.25) is 4.79 Å². The molecule has 2 amide bonds. The molecule has 2 N–H and O–H groups in total. The van der Waals surface area contributed by atoms with Crippen molar-refractivity contribution < 1.29 is 14.7 Å². The number of carbonyl (C=O) groups excluding carboxylic acids is 1. The van der Waals surface area contributed by atoms with Gasteiger partial charge in [0.2, 0.25) is 0 Å². The van der Waals surface area contributed by atoms with E-state index in [2.05, 4.69) is 17.3 Å². The molecule has 19 heavy (non-hydrogen) atoms. The molecule has 0 radical (unpaired) electrons. The summed E-state index contributed by atoms with van der Waals surface area (Å²) < 4.78 is 0. The van der Waals surface area contributed by atoms with Crippen LogP contribution in [0.4, 0.5) is 4.79 Å². The highest BCUT2D eigenvalue weighted by Gasteiger charge is 2.29. The van der Waals surface area contributed by atoms with Gasteiger partial charge in [0.05, 0.1) is 5.92 Å². The van der Waals surface area contributed by atoms with Crippen LogP contribution in [-0.4, -0.2) is 66.2 Å². The molecule has 2 aliphatic heterocycles. The largest absolute Gasteiger partial charge is 0.481 e. The van der Waals surface area contributed by atoms with E-state index < -0.39 is 11.9 Å². The highest BCUT2D eigenvalue weighted by atomic mass is 16.4. The summed E-state index contributed by atoms with van der Waals surface area (Å²) in [6.45, 7) is 2.74. The van der Waals surface area contributed by atoms with E-state index >= 15 is 0 Å². The first-order chi connectivity index (χ1) is 9.08. The average molecular weight is 269 g/mol. The van der Waals surface area contributed by atoms with E-state index in [4.69, 9.17) is 5.11 Å². The number of carbonyl (C=O) groups is 2. The predicted octanol–water partition coefficient (Wildman–Crippen LogP) is 0.587. The number of rotatable bonds is 3. The molecule has 0 aromatic heterocycles. The first-order valence-corrected chi connectivity index (χ1v) is 7.03. The van der Waals surface area contributed by atoms with Crippen molar-refractivity contribution in [3.8, 4) is 0 Å². The normalized spacial score (nSPS) is 28.4. The van der Waals surface area contributed by atoms with Crippen molar-refractivity contribution in [3.63, 3.8) is 0 Å². The Morgan fingerprint density at radius 1 is 1.26 bits per heavy atom. The number of hydrogen-bond donors (Lipinski definition) is 2. The van der Waals surface area contributed by atoms with Gasteiger partial charge in [0, 0.05) is 25.7 Å². The van der Waals surface area contributed by atoms with E-state index in [9.17, 15) is 9.59 Å². The number of nitrogens with zero attached hydrogens (tertiary/aromatic N) is 2. The van der Waals surface area contributed by atoms with Crippen molar-refractivity contribution >= 4 is 12.0 Å². The highest BCUT2D eigenvalue weighted by molar-refractivity contribution is 5.76. The van der Waals surface area contributed by atoms with Crippen LogP contribution in [0.15, 0.2) is 0 Å². The Labute approximate surface area is 113 Å². The van der Waals surface area contributed by atoms with Crippen LogP contribution in [0.5, 0.6) is 0 Å². The number of carboxylic acid groups (broad SMARTS) is 1. The van der Waals surface area contributed by atoms with Gasteiger partial charge in [-0.15, -0.1) is 0 Å². The third-order valence-electron chi connectivity index (χ3n) is 4.22. The molecule has 0 aromatic rings. The monoisotopic (exact) mass is 269 g/mol. The van der Waals surface area contributed by atoms with Crippen molar-refractivity contribution in [2.75, 3.05) is 33.2 Å². The topological polar surface area (TPSA) is 72.9 Å².